The Morgan fingerprint density at radius 2 is 1.97 bits per heavy atom. The SMILES string of the molecule is CCN(Cc1ccccc1NC(=O)CCn1cnc2sccc2c1=O)C(=O)OC(C)(C)C. The van der Waals surface area contributed by atoms with Crippen molar-refractivity contribution < 1.29 is 14.3 Å². The molecular weight excluding hydrogens is 428 g/mol. The molecule has 0 unspecified atom stereocenters. The smallest absolute Gasteiger partial charge is 0.410 e. The number of anilines is 1. The van der Waals surface area contributed by atoms with E-state index in [4.69, 9.17) is 4.74 Å². The average molecular weight is 457 g/mol. The van der Waals surface area contributed by atoms with E-state index in [1.165, 1.54) is 22.2 Å². The number of hydrogen-bond acceptors (Lipinski definition) is 6. The molecule has 0 radical (unpaired) electrons. The molecule has 0 aliphatic heterocycles. The van der Waals surface area contributed by atoms with Gasteiger partial charge in [-0.2, -0.15) is 0 Å². The van der Waals surface area contributed by atoms with Crippen molar-refractivity contribution in [2.24, 2.45) is 0 Å². The summed E-state index contributed by atoms with van der Waals surface area (Å²) in [5, 5.41) is 5.28. The molecule has 0 bridgehead atoms. The van der Waals surface area contributed by atoms with Crippen molar-refractivity contribution in [2.75, 3.05) is 11.9 Å². The predicted octanol–water partition coefficient (Wildman–Crippen LogP) is 4.24. The number of para-hydroxylation sites is 1. The normalized spacial score (nSPS) is 11.4. The number of aromatic nitrogens is 2. The summed E-state index contributed by atoms with van der Waals surface area (Å²) in [6, 6.07) is 9.08. The Morgan fingerprint density at radius 3 is 2.69 bits per heavy atom. The number of thiophene rings is 1. The van der Waals surface area contributed by atoms with Gasteiger partial charge in [0.05, 0.1) is 18.3 Å². The van der Waals surface area contributed by atoms with E-state index >= 15 is 0 Å². The van der Waals surface area contributed by atoms with Crippen LogP contribution >= 0.6 is 11.3 Å². The molecule has 0 aliphatic carbocycles. The molecule has 170 valence electrons. The van der Waals surface area contributed by atoms with Crippen molar-refractivity contribution >= 4 is 39.2 Å². The minimum absolute atomic E-state index is 0.120. The van der Waals surface area contributed by atoms with Crippen LogP contribution in [0.15, 0.2) is 46.8 Å². The summed E-state index contributed by atoms with van der Waals surface area (Å²) in [5.74, 6) is -0.227. The second-order valence-electron chi connectivity index (χ2n) is 8.33. The molecular formula is C23H28N4O4S. The minimum Gasteiger partial charge on any atom is -0.444 e. The Kier molecular flexibility index (Phi) is 7.29. The van der Waals surface area contributed by atoms with Crippen molar-refractivity contribution in [3.8, 4) is 0 Å². The lowest BCUT2D eigenvalue weighted by atomic mass is 10.1. The van der Waals surface area contributed by atoms with Crippen molar-refractivity contribution in [3.63, 3.8) is 0 Å². The van der Waals surface area contributed by atoms with Gasteiger partial charge in [0.25, 0.3) is 5.56 Å². The number of rotatable bonds is 7. The summed E-state index contributed by atoms with van der Waals surface area (Å²) in [4.78, 5) is 44.1. The molecule has 0 atom stereocenters. The van der Waals surface area contributed by atoms with Crippen LogP contribution in [0, 0.1) is 0 Å². The van der Waals surface area contributed by atoms with Crippen molar-refractivity contribution in [1.29, 1.82) is 0 Å². The zero-order chi connectivity index (χ0) is 23.3. The molecule has 0 aliphatic rings. The molecule has 2 amide bonds. The molecule has 1 N–H and O–H groups in total. The van der Waals surface area contributed by atoms with E-state index < -0.39 is 11.7 Å². The van der Waals surface area contributed by atoms with Crippen LogP contribution in [-0.2, 0) is 22.6 Å². The summed E-state index contributed by atoms with van der Waals surface area (Å²) in [5.41, 5.74) is 0.683. The second kappa shape index (κ2) is 9.95. The Balaban J connectivity index is 1.65. The third-order valence-electron chi connectivity index (χ3n) is 4.72. The van der Waals surface area contributed by atoms with Crippen LogP contribution in [0.25, 0.3) is 10.2 Å². The van der Waals surface area contributed by atoms with Crippen molar-refractivity contribution in [3.05, 3.63) is 58.0 Å². The lowest BCUT2D eigenvalue weighted by Gasteiger charge is -2.27. The quantitative estimate of drug-likeness (QED) is 0.574. The van der Waals surface area contributed by atoms with Gasteiger partial charge in [-0.05, 0) is 50.8 Å². The third kappa shape index (κ3) is 5.94. The number of aryl methyl sites for hydroxylation is 1. The van der Waals surface area contributed by atoms with Gasteiger partial charge in [0.2, 0.25) is 5.91 Å². The lowest BCUT2D eigenvalue weighted by Crippen LogP contribution is -2.36. The highest BCUT2D eigenvalue weighted by Gasteiger charge is 2.22. The van der Waals surface area contributed by atoms with E-state index in [1.807, 2.05) is 51.3 Å². The summed E-state index contributed by atoms with van der Waals surface area (Å²) in [6.45, 7) is 8.35. The second-order valence-corrected chi connectivity index (χ2v) is 9.23. The number of benzene rings is 1. The number of carbonyl (C=O) groups excluding carboxylic acids is 2. The predicted molar refractivity (Wildman–Crippen MR) is 126 cm³/mol. The van der Waals surface area contributed by atoms with E-state index in [0.29, 0.717) is 29.0 Å². The van der Waals surface area contributed by atoms with Gasteiger partial charge in [0.1, 0.15) is 10.4 Å². The summed E-state index contributed by atoms with van der Waals surface area (Å²) in [7, 11) is 0. The highest BCUT2D eigenvalue weighted by Crippen LogP contribution is 2.19. The van der Waals surface area contributed by atoms with E-state index in [2.05, 4.69) is 10.3 Å². The number of hydrogen-bond donors (Lipinski definition) is 1. The van der Waals surface area contributed by atoms with Crippen LogP contribution in [-0.4, -0.2) is 38.6 Å². The minimum atomic E-state index is -0.586. The van der Waals surface area contributed by atoms with Crippen molar-refractivity contribution in [2.45, 2.75) is 52.8 Å². The molecule has 0 spiro atoms. The molecule has 0 saturated carbocycles. The fourth-order valence-electron chi connectivity index (χ4n) is 3.10. The number of fused-ring (bicyclic) bond motifs is 1. The summed E-state index contributed by atoms with van der Waals surface area (Å²) >= 11 is 1.41. The fraction of sp³-hybridized carbons (Fsp3) is 0.391. The number of nitrogens with one attached hydrogen (secondary N) is 1. The van der Waals surface area contributed by atoms with Gasteiger partial charge in [0, 0.05) is 25.2 Å². The Bertz CT molecular complexity index is 1160. The number of nitrogens with zero attached hydrogens (tertiary/aromatic N) is 3. The first kappa shape index (κ1) is 23.5. The van der Waals surface area contributed by atoms with Gasteiger partial charge < -0.3 is 15.0 Å². The molecule has 8 nitrogen and oxygen atoms in total. The van der Waals surface area contributed by atoms with E-state index in [-0.39, 0.29) is 24.4 Å². The number of amides is 2. The molecule has 32 heavy (non-hydrogen) atoms. The first-order valence-electron chi connectivity index (χ1n) is 10.5. The zero-order valence-electron chi connectivity index (χ0n) is 18.8. The molecule has 0 fully saturated rings. The van der Waals surface area contributed by atoms with E-state index in [1.54, 1.807) is 17.0 Å². The van der Waals surface area contributed by atoms with Crippen LogP contribution in [0.3, 0.4) is 0 Å². The summed E-state index contributed by atoms with van der Waals surface area (Å²) < 4.78 is 6.92. The van der Waals surface area contributed by atoms with Crippen LogP contribution in [0.5, 0.6) is 0 Å². The molecule has 2 aromatic heterocycles. The van der Waals surface area contributed by atoms with Gasteiger partial charge in [0.15, 0.2) is 0 Å². The topological polar surface area (TPSA) is 93.5 Å². The Morgan fingerprint density at radius 1 is 1.22 bits per heavy atom. The van der Waals surface area contributed by atoms with E-state index in [0.717, 1.165) is 5.56 Å². The maximum Gasteiger partial charge on any atom is 0.410 e. The monoisotopic (exact) mass is 456 g/mol. The standard InChI is InChI=1S/C23H28N4O4S/c1-5-26(22(30)31-23(2,3)4)14-16-8-6-7-9-18(16)25-19(28)10-12-27-15-24-20-17(21(27)29)11-13-32-20/h6-9,11,13,15H,5,10,12,14H2,1-4H3,(H,25,28). The van der Waals surface area contributed by atoms with Gasteiger partial charge in [-0.25, -0.2) is 9.78 Å². The van der Waals surface area contributed by atoms with Gasteiger partial charge in [-0.3, -0.25) is 14.2 Å². The highest BCUT2D eigenvalue weighted by molar-refractivity contribution is 7.16. The van der Waals surface area contributed by atoms with Gasteiger partial charge >= 0.3 is 6.09 Å². The Hall–Kier alpha value is -3.20. The van der Waals surface area contributed by atoms with Crippen LogP contribution < -0.4 is 10.9 Å². The summed E-state index contributed by atoms with van der Waals surface area (Å²) in [6.07, 6.45) is 1.19. The van der Waals surface area contributed by atoms with Crippen LogP contribution in [0.2, 0.25) is 0 Å². The molecule has 3 rings (SSSR count). The molecule has 2 heterocycles. The van der Waals surface area contributed by atoms with Crippen molar-refractivity contribution in [1.82, 2.24) is 14.5 Å². The Labute approximate surface area is 190 Å². The average Bonchev–Trinajstić information content (AvgIpc) is 3.21. The number of ether oxygens (including phenoxy) is 1. The number of carbonyl (C=O) groups is 2. The molecule has 3 aromatic rings. The van der Waals surface area contributed by atoms with Gasteiger partial charge in [-0.1, -0.05) is 18.2 Å². The van der Waals surface area contributed by atoms with Gasteiger partial charge in [-0.15, -0.1) is 11.3 Å². The van der Waals surface area contributed by atoms with Crippen LogP contribution in [0.4, 0.5) is 10.5 Å². The maximum atomic E-state index is 12.6. The zero-order valence-corrected chi connectivity index (χ0v) is 19.6. The molecule has 1 aromatic carbocycles. The molecule has 0 saturated heterocycles. The third-order valence-corrected chi connectivity index (χ3v) is 5.54. The van der Waals surface area contributed by atoms with Crippen LogP contribution in [0.1, 0.15) is 39.7 Å². The fourth-order valence-corrected chi connectivity index (χ4v) is 3.83. The lowest BCUT2D eigenvalue weighted by molar-refractivity contribution is -0.116. The van der Waals surface area contributed by atoms with E-state index in [9.17, 15) is 14.4 Å². The first-order valence-corrected chi connectivity index (χ1v) is 11.3. The first-order chi connectivity index (χ1) is 15.2. The largest absolute Gasteiger partial charge is 0.444 e. The molecule has 9 heteroatoms. The maximum absolute atomic E-state index is 12.6. The highest BCUT2D eigenvalue weighted by atomic mass is 32.1.